The van der Waals surface area contributed by atoms with Crippen LogP contribution in [0.3, 0.4) is 0 Å². The molecule has 4 rings (SSSR count). The molecule has 1 aliphatic heterocycles. The lowest BCUT2D eigenvalue weighted by molar-refractivity contribution is 0.122. The molecule has 1 aromatic carbocycles. The smallest absolute Gasteiger partial charge is 0.234 e. The first-order valence-electron chi connectivity index (χ1n) is 9.20. The summed E-state index contributed by atoms with van der Waals surface area (Å²) in [4.78, 5) is 12.7. The van der Waals surface area contributed by atoms with Crippen molar-refractivity contribution in [2.24, 2.45) is 0 Å². The minimum Gasteiger partial charge on any atom is -0.497 e. The third-order valence-electron chi connectivity index (χ3n) is 4.58. The number of methoxy groups -OCH3 is 1. The molecule has 0 aliphatic carbocycles. The van der Waals surface area contributed by atoms with Gasteiger partial charge in [0.15, 0.2) is 0 Å². The number of rotatable bonds is 6. The quantitative estimate of drug-likeness (QED) is 0.586. The lowest BCUT2D eigenvalue weighted by Crippen LogP contribution is -2.37. The number of hydrogen-bond donors (Lipinski definition) is 0. The summed E-state index contributed by atoms with van der Waals surface area (Å²) in [7, 11) is 1.62. The fraction of sp³-hybridized carbons (Fsp3) is 0.300. The van der Waals surface area contributed by atoms with E-state index in [0.29, 0.717) is 36.6 Å². The number of nitrogens with zero attached hydrogens (tertiary/aromatic N) is 6. The molecule has 0 amide bonds. The summed E-state index contributed by atoms with van der Waals surface area (Å²) >= 11 is 0. The fourth-order valence-corrected chi connectivity index (χ4v) is 3.04. The highest BCUT2D eigenvalue weighted by molar-refractivity contribution is 5.66. The highest BCUT2D eigenvalue weighted by Gasteiger charge is 2.20. The zero-order valence-corrected chi connectivity index (χ0v) is 16.0. The summed E-state index contributed by atoms with van der Waals surface area (Å²) in [6.45, 7) is 2.81. The van der Waals surface area contributed by atoms with Gasteiger partial charge in [-0.2, -0.15) is 10.2 Å². The Kier molecular flexibility index (Phi) is 5.54. The molecule has 29 heavy (non-hydrogen) atoms. The zero-order valence-electron chi connectivity index (χ0n) is 16.0. The minimum absolute atomic E-state index is 0.0663. The molecule has 9 heteroatoms. The lowest BCUT2D eigenvalue weighted by Gasteiger charge is -2.27. The topological polar surface area (TPSA) is 101 Å². The van der Waals surface area contributed by atoms with Crippen molar-refractivity contribution in [1.82, 2.24) is 15.1 Å². The van der Waals surface area contributed by atoms with Gasteiger partial charge >= 0.3 is 0 Å². The Bertz CT molecular complexity index is 992. The average molecular weight is 392 g/mol. The van der Waals surface area contributed by atoms with E-state index >= 15 is 0 Å². The molecule has 1 aliphatic rings. The Morgan fingerprint density at radius 2 is 2.00 bits per heavy atom. The molecule has 0 atom stereocenters. The summed E-state index contributed by atoms with van der Waals surface area (Å²) in [5.74, 6) is 2.37. The lowest BCUT2D eigenvalue weighted by atomic mass is 10.1. The van der Waals surface area contributed by atoms with Crippen LogP contribution in [0.1, 0.15) is 0 Å². The molecule has 3 aromatic rings. The first kappa shape index (κ1) is 18.7. The van der Waals surface area contributed by atoms with Gasteiger partial charge in [-0.25, -0.2) is 4.98 Å². The first-order valence-corrected chi connectivity index (χ1v) is 9.20. The van der Waals surface area contributed by atoms with Gasteiger partial charge in [0.2, 0.25) is 11.8 Å². The molecule has 0 radical (unpaired) electrons. The van der Waals surface area contributed by atoms with Crippen molar-refractivity contribution in [1.29, 1.82) is 5.26 Å². The van der Waals surface area contributed by atoms with Crippen molar-refractivity contribution < 1.29 is 14.0 Å². The van der Waals surface area contributed by atoms with Crippen LogP contribution in [0, 0.1) is 11.3 Å². The standard InChI is InChI=1S/C20H20N6O3/c1-27-16-4-2-15(3-5-16)17-14-19(29-24-17)26(9-7-21)18-6-8-22-20(23-18)25-10-12-28-13-11-25/h2-6,8,14H,9-13H2,1H3. The second-order valence-electron chi connectivity index (χ2n) is 6.34. The number of benzene rings is 1. The maximum atomic E-state index is 9.32. The van der Waals surface area contributed by atoms with E-state index in [4.69, 9.17) is 14.0 Å². The zero-order chi connectivity index (χ0) is 20.1. The number of aromatic nitrogens is 3. The highest BCUT2D eigenvalue weighted by Crippen LogP contribution is 2.29. The minimum atomic E-state index is 0.0663. The van der Waals surface area contributed by atoms with Gasteiger partial charge in [0.05, 0.1) is 26.4 Å². The molecular formula is C20H20N6O3. The van der Waals surface area contributed by atoms with E-state index in [2.05, 4.69) is 26.1 Å². The second-order valence-corrected chi connectivity index (χ2v) is 6.34. The van der Waals surface area contributed by atoms with Gasteiger partial charge in [-0.05, 0) is 30.3 Å². The van der Waals surface area contributed by atoms with Crippen LogP contribution in [0.5, 0.6) is 5.75 Å². The van der Waals surface area contributed by atoms with Gasteiger partial charge in [-0.3, -0.25) is 4.90 Å². The van der Waals surface area contributed by atoms with Crippen LogP contribution in [-0.4, -0.2) is 55.1 Å². The number of nitriles is 1. The van der Waals surface area contributed by atoms with Crippen LogP contribution in [0.25, 0.3) is 11.3 Å². The van der Waals surface area contributed by atoms with Crippen LogP contribution in [0.2, 0.25) is 0 Å². The fourth-order valence-electron chi connectivity index (χ4n) is 3.04. The normalized spacial score (nSPS) is 13.7. The first-order chi connectivity index (χ1) is 14.3. The Morgan fingerprint density at radius 3 is 2.72 bits per heavy atom. The number of morpholine rings is 1. The van der Waals surface area contributed by atoms with E-state index in [9.17, 15) is 5.26 Å². The van der Waals surface area contributed by atoms with Crippen LogP contribution in [0.15, 0.2) is 47.1 Å². The van der Waals surface area contributed by atoms with E-state index < -0.39 is 0 Å². The predicted molar refractivity (Wildman–Crippen MR) is 106 cm³/mol. The number of anilines is 3. The Hall–Kier alpha value is -3.64. The largest absolute Gasteiger partial charge is 0.497 e. The Balaban J connectivity index is 1.61. The van der Waals surface area contributed by atoms with Gasteiger partial charge in [0.25, 0.3) is 0 Å². The SMILES string of the molecule is COc1ccc(-c2cc(N(CC#N)c3ccnc(N4CCOCC4)n3)on2)cc1. The van der Waals surface area contributed by atoms with Crippen LogP contribution < -0.4 is 14.5 Å². The van der Waals surface area contributed by atoms with Crippen LogP contribution in [0.4, 0.5) is 17.7 Å². The molecule has 1 fully saturated rings. The third-order valence-corrected chi connectivity index (χ3v) is 4.58. The third kappa shape index (κ3) is 4.12. The molecule has 0 saturated carbocycles. The molecule has 0 unspecified atom stereocenters. The van der Waals surface area contributed by atoms with Crippen molar-refractivity contribution in [2.75, 3.05) is 49.8 Å². The van der Waals surface area contributed by atoms with Crippen molar-refractivity contribution in [3.8, 4) is 23.1 Å². The Morgan fingerprint density at radius 1 is 1.21 bits per heavy atom. The maximum Gasteiger partial charge on any atom is 0.234 e. The molecule has 3 heterocycles. The highest BCUT2D eigenvalue weighted by atomic mass is 16.5. The monoisotopic (exact) mass is 392 g/mol. The van der Waals surface area contributed by atoms with Gasteiger partial charge in [-0.1, -0.05) is 5.16 Å². The van der Waals surface area contributed by atoms with Crippen molar-refractivity contribution in [2.45, 2.75) is 0 Å². The molecular weight excluding hydrogens is 372 g/mol. The van der Waals surface area contributed by atoms with Crippen molar-refractivity contribution >= 4 is 17.7 Å². The number of ether oxygens (including phenoxy) is 2. The summed E-state index contributed by atoms with van der Waals surface area (Å²) in [5, 5.41) is 13.5. The summed E-state index contributed by atoms with van der Waals surface area (Å²) in [5.41, 5.74) is 1.54. The summed E-state index contributed by atoms with van der Waals surface area (Å²) in [6, 6.07) is 13.2. The average Bonchev–Trinajstić information content (AvgIpc) is 3.28. The molecule has 1 saturated heterocycles. The van der Waals surface area contributed by atoms with Gasteiger partial charge in [0, 0.05) is 30.9 Å². The van der Waals surface area contributed by atoms with Gasteiger partial charge < -0.3 is 18.9 Å². The van der Waals surface area contributed by atoms with Crippen LogP contribution >= 0.6 is 0 Å². The molecule has 0 N–H and O–H groups in total. The van der Waals surface area contributed by atoms with E-state index in [-0.39, 0.29) is 6.54 Å². The van der Waals surface area contributed by atoms with E-state index in [1.807, 2.05) is 24.3 Å². The van der Waals surface area contributed by atoms with Crippen molar-refractivity contribution in [3.05, 3.63) is 42.6 Å². The van der Waals surface area contributed by atoms with Crippen molar-refractivity contribution in [3.63, 3.8) is 0 Å². The predicted octanol–water partition coefficient (Wildman–Crippen LogP) is 2.64. The molecule has 0 spiro atoms. The Labute approximate surface area is 168 Å². The number of hydrogen-bond acceptors (Lipinski definition) is 9. The van der Waals surface area contributed by atoms with Gasteiger partial charge in [-0.15, -0.1) is 0 Å². The van der Waals surface area contributed by atoms with Crippen LogP contribution in [-0.2, 0) is 4.74 Å². The molecule has 0 bridgehead atoms. The van der Waals surface area contributed by atoms with E-state index in [1.54, 1.807) is 30.3 Å². The molecule has 2 aromatic heterocycles. The van der Waals surface area contributed by atoms with E-state index in [0.717, 1.165) is 24.4 Å². The van der Waals surface area contributed by atoms with Gasteiger partial charge in [0.1, 0.15) is 23.8 Å². The summed E-state index contributed by atoms with van der Waals surface area (Å²) in [6.07, 6.45) is 1.68. The maximum absolute atomic E-state index is 9.32. The molecule has 148 valence electrons. The summed E-state index contributed by atoms with van der Waals surface area (Å²) < 4.78 is 16.1. The molecule has 9 nitrogen and oxygen atoms in total. The van der Waals surface area contributed by atoms with E-state index in [1.165, 1.54) is 0 Å². The second kappa shape index (κ2) is 8.58.